The highest BCUT2D eigenvalue weighted by Gasteiger charge is 2.33. The number of rotatable bonds is 5. The molecule has 1 heterocycles. The van der Waals surface area contributed by atoms with Crippen molar-refractivity contribution in [3.8, 4) is 0 Å². The number of ether oxygens (including phenoxy) is 2. The molecule has 122 valence electrons. The van der Waals surface area contributed by atoms with E-state index in [4.69, 9.17) is 9.47 Å². The molecule has 22 heavy (non-hydrogen) atoms. The Morgan fingerprint density at radius 1 is 1.45 bits per heavy atom. The van der Waals surface area contributed by atoms with Crippen LogP contribution in [0.3, 0.4) is 0 Å². The number of amides is 1. The molecule has 6 heteroatoms. The second kappa shape index (κ2) is 8.69. The van der Waals surface area contributed by atoms with Crippen molar-refractivity contribution in [3.63, 3.8) is 0 Å². The fourth-order valence-electron chi connectivity index (χ4n) is 2.47. The maximum Gasteiger partial charge on any atom is 0.407 e. The third kappa shape index (κ3) is 5.10. The zero-order valence-electron chi connectivity index (χ0n) is 12.6. The Bertz CT molecular complexity index is 470. The van der Waals surface area contributed by atoms with Crippen molar-refractivity contribution in [1.29, 1.82) is 0 Å². The molecule has 4 atom stereocenters. The highest BCUT2D eigenvalue weighted by Crippen LogP contribution is 2.26. The van der Waals surface area contributed by atoms with Crippen molar-refractivity contribution >= 4 is 28.7 Å². The molecule has 1 saturated heterocycles. The first-order chi connectivity index (χ1) is 10.6. The van der Waals surface area contributed by atoms with E-state index >= 15 is 0 Å². The van der Waals surface area contributed by atoms with E-state index in [1.165, 1.54) is 0 Å². The number of carbonyl (C=O) groups is 1. The third-order valence-electron chi connectivity index (χ3n) is 3.76. The number of alkyl carbamates (subject to hydrolysis) is 1. The van der Waals surface area contributed by atoms with Gasteiger partial charge in [-0.2, -0.15) is 0 Å². The van der Waals surface area contributed by atoms with Crippen LogP contribution in [0.2, 0.25) is 0 Å². The Kier molecular flexibility index (Phi) is 6.91. The molecule has 0 aromatic heterocycles. The third-order valence-corrected chi connectivity index (χ3v) is 4.99. The van der Waals surface area contributed by atoms with Crippen LogP contribution in [0.4, 0.5) is 4.79 Å². The second-order valence-electron chi connectivity index (χ2n) is 5.38. The van der Waals surface area contributed by atoms with Crippen LogP contribution in [-0.4, -0.2) is 33.6 Å². The quantitative estimate of drug-likeness (QED) is 0.569. The van der Waals surface area contributed by atoms with Crippen LogP contribution < -0.4 is 5.32 Å². The van der Waals surface area contributed by atoms with Gasteiger partial charge in [-0.3, -0.25) is 0 Å². The molecule has 1 aromatic carbocycles. The van der Waals surface area contributed by atoms with Gasteiger partial charge in [0.15, 0.2) is 6.29 Å². The first kappa shape index (κ1) is 17.5. The number of aliphatic hydroxyl groups excluding tert-OH is 1. The lowest BCUT2D eigenvalue weighted by molar-refractivity contribution is -0.163. The van der Waals surface area contributed by atoms with E-state index in [1.54, 1.807) is 0 Å². The van der Waals surface area contributed by atoms with Crippen LogP contribution in [0.15, 0.2) is 30.3 Å². The first-order valence-electron chi connectivity index (χ1n) is 7.55. The number of hydrogen-bond acceptors (Lipinski definition) is 4. The zero-order valence-corrected chi connectivity index (χ0v) is 14.7. The molecular formula is C16H22INO4. The van der Waals surface area contributed by atoms with Crippen molar-refractivity contribution in [2.45, 2.75) is 55.2 Å². The lowest BCUT2D eigenvalue weighted by atomic mass is 10.00. The maximum absolute atomic E-state index is 11.9. The predicted molar refractivity (Wildman–Crippen MR) is 91.8 cm³/mol. The molecule has 1 aromatic rings. The minimum atomic E-state index is -0.768. The lowest BCUT2D eigenvalue weighted by Crippen LogP contribution is -2.49. The number of aliphatic hydroxyl groups is 1. The average molecular weight is 419 g/mol. The van der Waals surface area contributed by atoms with E-state index in [-0.39, 0.29) is 22.7 Å². The van der Waals surface area contributed by atoms with Crippen LogP contribution in [0, 0.1) is 0 Å². The summed E-state index contributed by atoms with van der Waals surface area (Å²) in [7, 11) is 0. The largest absolute Gasteiger partial charge is 0.445 e. The van der Waals surface area contributed by atoms with Gasteiger partial charge in [0.1, 0.15) is 6.61 Å². The number of nitrogens with one attached hydrogen (secondary N) is 1. The van der Waals surface area contributed by atoms with Gasteiger partial charge in [-0.25, -0.2) is 4.79 Å². The van der Waals surface area contributed by atoms with Gasteiger partial charge in [-0.05, 0) is 24.8 Å². The zero-order chi connectivity index (χ0) is 15.9. The number of carbonyl (C=O) groups excluding carboxylic acids is 1. The minimum absolute atomic E-state index is 0.108. The van der Waals surface area contributed by atoms with Gasteiger partial charge in [0.2, 0.25) is 0 Å². The fourth-order valence-corrected chi connectivity index (χ4v) is 3.00. The predicted octanol–water partition coefficient (Wildman–Crippen LogP) is 2.99. The van der Waals surface area contributed by atoms with Crippen LogP contribution in [-0.2, 0) is 16.1 Å². The smallest absolute Gasteiger partial charge is 0.407 e. The molecule has 1 aliphatic heterocycles. The summed E-state index contributed by atoms with van der Waals surface area (Å²) in [6.45, 7) is 2.22. The van der Waals surface area contributed by atoms with E-state index in [9.17, 15) is 9.90 Å². The summed E-state index contributed by atoms with van der Waals surface area (Å²) in [6, 6.07) is 9.40. The van der Waals surface area contributed by atoms with Gasteiger partial charge in [0, 0.05) is 0 Å². The highest BCUT2D eigenvalue weighted by molar-refractivity contribution is 14.1. The van der Waals surface area contributed by atoms with Crippen LogP contribution in [0.25, 0.3) is 0 Å². The van der Waals surface area contributed by atoms with E-state index in [0.717, 1.165) is 24.8 Å². The maximum atomic E-state index is 11.9. The van der Waals surface area contributed by atoms with Crippen LogP contribution in [0.5, 0.6) is 0 Å². The molecule has 0 bridgehead atoms. The van der Waals surface area contributed by atoms with Crippen molar-refractivity contribution in [3.05, 3.63) is 35.9 Å². The van der Waals surface area contributed by atoms with Crippen molar-refractivity contribution in [2.24, 2.45) is 0 Å². The second-order valence-corrected chi connectivity index (χ2v) is 6.98. The van der Waals surface area contributed by atoms with Crippen molar-refractivity contribution in [2.75, 3.05) is 0 Å². The molecule has 2 N–H and O–H groups in total. The van der Waals surface area contributed by atoms with Gasteiger partial charge >= 0.3 is 6.09 Å². The topological polar surface area (TPSA) is 67.8 Å². The molecule has 1 fully saturated rings. The fraction of sp³-hybridized carbons (Fsp3) is 0.562. The standard InChI is InChI=1S/C16H22INO4/c1-2-13(14-9-8-12(17)15(19)22-14)18-16(20)21-10-11-6-4-3-5-7-11/h3-7,12-15,19H,2,8-10H2,1H3,(H,18,20)/t12?,13-,14-,15?/m0/s1. The number of alkyl halides is 1. The van der Waals surface area contributed by atoms with Crippen LogP contribution >= 0.6 is 22.6 Å². The Morgan fingerprint density at radius 3 is 2.82 bits per heavy atom. The van der Waals surface area contributed by atoms with Crippen molar-refractivity contribution in [1.82, 2.24) is 5.32 Å². The van der Waals surface area contributed by atoms with Gasteiger partial charge in [0.25, 0.3) is 0 Å². The Labute approximate surface area is 144 Å². The van der Waals surface area contributed by atoms with E-state index in [1.807, 2.05) is 37.3 Å². The molecule has 1 amide bonds. The molecule has 0 radical (unpaired) electrons. The summed E-state index contributed by atoms with van der Waals surface area (Å²) < 4.78 is 10.9. The molecule has 1 aliphatic rings. The highest BCUT2D eigenvalue weighted by atomic mass is 127. The summed E-state index contributed by atoms with van der Waals surface area (Å²) in [4.78, 5) is 11.9. The molecule has 2 unspecified atom stereocenters. The van der Waals surface area contributed by atoms with Gasteiger partial charge < -0.3 is 19.9 Å². The number of halogens is 1. The summed E-state index contributed by atoms with van der Waals surface area (Å²) >= 11 is 2.19. The summed E-state index contributed by atoms with van der Waals surface area (Å²) in [5.74, 6) is 0. The minimum Gasteiger partial charge on any atom is -0.445 e. The van der Waals surface area contributed by atoms with E-state index in [0.29, 0.717) is 0 Å². The Morgan fingerprint density at radius 2 is 2.18 bits per heavy atom. The first-order valence-corrected chi connectivity index (χ1v) is 8.79. The molecule has 0 aliphatic carbocycles. The summed E-state index contributed by atoms with van der Waals surface area (Å²) in [5, 5.41) is 12.6. The van der Waals surface area contributed by atoms with Crippen molar-refractivity contribution < 1.29 is 19.4 Å². The average Bonchev–Trinajstić information content (AvgIpc) is 2.54. The molecular weight excluding hydrogens is 397 g/mol. The van der Waals surface area contributed by atoms with E-state index < -0.39 is 12.4 Å². The van der Waals surface area contributed by atoms with Gasteiger partial charge in [0.05, 0.1) is 16.1 Å². The SMILES string of the molecule is CC[C@H](NC(=O)OCc1ccccc1)[C@@H]1CCC(I)C(O)O1. The number of benzene rings is 1. The monoisotopic (exact) mass is 419 g/mol. The van der Waals surface area contributed by atoms with E-state index in [2.05, 4.69) is 27.9 Å². The summed E-state index contributed by atoms with van der Waals surface area (Å²) in [5.41, 5.74) is 0.947. The number of hydrogen-bond donors (Lipinski definition) is 2. The van der Waals surface area contributed by atoms with Crippen LogP contribution in [0.1, 0.15) is 31.7 Å². The van der Waals surface area contributed by atoms with Gasteiger partial charge in [-0.15, -0.1) is 0 Å². The Balaban J connectivity index is 1.80. The molecule has 5 nitrogen and oxygen atoms in total. The molecule has 0 spiro atoms. The molecule has 0 saturated carbocycles. The normalized spacial score (nSPS) is 26.2. The lowest BCUT2D eigenvalue weighted by Gasteiger charge is -2.35. The Hall–Kier alpha value is -0.860. The molecule has 2 rings (SSSR count). The van der Waals surface area contributed by atoms with Gasteiger partial charge in [-0.1, -0.05) is 59.8 Å². The summed E-state index contributed by atoms with van der Waals surface area (Å²) in [6.07, 6.45) is 1.03.